The molecule has 0 aliphatic carbocycles. The number of methoxy groups -OCH3 is 1. The summed E-state index contributed by atoms with van der Waals surface area (Å²) in [4.78, 5) is 23.7. The third-order valence-corrected chi connectivity index (χ3v) is 8.53. The van der Waals surface area contributed by atoms with Crippen molar-refractivity contribution >= 4 is 28.1 Å². The van der Waals surface area contributed by atoms with Crippen molar-refractivity contribution in [3.05, 3.63) is 46.0 Å². The molecule has 0 radical (unpaired) electrons. The number of hydrogen-bond donors (Lipinski definition) is 1. The van der Waals surface area contributed by atoms with Gasteiger partial charge in [-0.25, -0.2) is 4.98 Å². The summed E-state index contributed by atoms with van der Waals surface area (Å²) in [6.45, 7) is 3.52. The van der Waals surface area contributed by atoms with E-state index in [1.807, 2.05) is 41.5 Å². The van der Waals surface area contributed by atoms with E-state index in [4.69, 9.17) is 4.74 Å². The van der Waals surface area contributed by atoms with Gasteiger partial charge in [0, 0.05) is 60.8 Å². The maximum absolute atomic E-state index is 12.8. The van der Waals surface area contributed by atoms with Gasteiger partial charge in [-0.2, -0.15) is 0 Å². The molecule has 8 nitrogen and oxygen atoms in total. The predicted molar refractivity (Wildman–Crippen MR) is 138 cm³/mol. The topological polar surface area (TPSA) is 74.1 Å². The highest BCUT2D eigenvalue weighted by Gasteiger charge is 2.48. The molecule has 1 spiro atoms. The third-order valence-electron chi connectivity index (χ3n) is 7.77. The standard InChI is InChI=1S/C26H35N5O3S/c1-28(2)15-23(33)30-10-7-26(8-11-30)17-31(14-22-27-9-12-35-22)21(16-32)25-24(26)19-6-5-18(34-4)13-20(19)29(25)3/h5-6,9,12-13,21,32H,7-8,10-11,14-17H2,1-4H3/t21-/m1/s1. The lowest BCUT2D eigenvalue weighted by molar-refractivity contribution is -0.133. The van der Waals surface area contributed by atoms with E-state index in [-0.39, 0.29) is 24.0 Å². The van der Waals surface area contributed by atoms with Crippen LogP contribution in [0.3, 0.4) is 0 Å². The number of aliphatic hydroxyl groups is 1. The number of thiazole rings is 1. The summed E-state index contributed by atoms with van der Waals surface area (Å²) in [5.41, 5.74) is 3.54. The molecular weight excluding hydrogens is 462 g/mol. The van der Waals surface area contributed by atoms with Crippen LogP contribution < -0.4 is 4.74 Å². The Morgan fingerprint density at radius 2 is 2.09 bits per heavy atom. The van der Waals surface area contributed by atoms with Crippen LogP contribution in [0.4, 0.5) is 0 Å². The van der Waals surface area contributed by atoms with E-state index in [1.165, 1.54) is 16.6 Å². The molecule has 1 atom stereocenters. The smallest absolute Gasteiger partial charge is 0.236 e. The Hall–Kier alpha value is -2.46. The van der Waals surface area contributed by atoms with Gasteiger partial charge in [0.25, 0.3) is 0 Å². The number of ether oxygens (including phenoxy) is 1. The summed E-state index contributed by atoms with van der Waals surface area (Å²) in [5.74, 6) is 1.02. The number of fused-ring (bicyclic) bond motifs is 4. The number of nitrogens with zero attached hydrogens (tertiary/aromatic N) is 5. The van der Waals surface area contributed by atoms with Crippen LogP contribution in [0.5, 0.6) is 5.75 Å². The second-order valence-corrected chi connectivity index (χ2v) is 11.1. The molecule has 1 saturated heterocycles. The zero-order valence-corrected chi connectivity index (χ0v) is 21.8. The lowest BCUT2D eigenvalue weighted by atomic mass is 9.68. The van der Waals surface area contributed by atoms with Crippen LogP contribution in [0, 0.1) is 0 Å². The third kappa shape index (κ3) is 4.24. The minimum atomic E-state index is -0.115. The van der Waals surface area contributed by atoms with Gasteiger partial charge in [-0.3, -0.25) is 9.69 Å². The Labute approximate surface area is 210 Å². The first kappa shape index (κ1) is 24.2. The number of benzene rings is 1. The van der Waals surface area contributed by atoms with Crippen molar-refractivity contribution in [2.75, 3.05) is 54.0 Å². The van der Waals surface area contributed by atoms with Crippen molar-refractivity contribution in [1.82, 2.24) is 24.3 Å². The molecule has 1 fully saturated rings. The minimum absolute atomic E-state index is 0.0448. The number of aliphatic hydroxyl groups excluding tert-OH is 1. The molecule has 1 amide bonds. The van der Waals surface area contributed by atoms with Crippen LogP contribution in [0.1, 0.15) is 35.1 Å². The molecule has 4 heterocycles. The highest BCUT2D eigenvalue weighted by molar-refractivity contribution is 7.09. The first-order valence-electron chi connectivity index (χ1n) is 12.2. The fourth-order valence-electron chi connectivity index (χ4n) is 6.10. The van der Waals surface area contributed by atoms with Crippen molar-refractivity contribution < 1.29 is 14.6 Å². The van der Waals surface area contributed by atoms with Crippen LogP contribution in [0.15, 0.2) is 29.8 Å². The first-order chi connectivity index (χ1) is 16.9. The van der Waals surface area contributed by atoms with E-state index in [2.05, 4.69) is 33.6 Å². The quantitative estimate of drug-likeness (QED) is 0.565. The van der Waals surface area contributed by atoms with Gasteiger partial charge in [-0.1, -0.05) is 0 Å². The van der Waals surface area contributed by atoms with Crippen molar-refractivity contribution in [1.29, 1.82) is 0 Å². The van der Waals surface area contributed by atoms with Crippen LogP contribution in [-0.2, 0) is 23.8 Å². The summed E-state index contributed by atoms with van der Waals surface area (Å²) in [6.07, 6.45) is 3.64. The van der Waals surface area contributed by atoms with Gasteiger partial charge >= 0.3 is 0 Å². The highest BCUT2D eigenvalue weighted by atomic mass is 32.1. The Bertz CT molecular complexity index is 1200. The maximum Gasteiger partial charge on any atom is 0.236 e. The molecule has 2 aliphatic rings. The molecule has 2 aliphatic heterocycles. The van der Waals surface area contributed by atoms with Crippen LogP contribution in [0.2, 0.25) is 0 Å². The Morgan fingerprint density at radius 3 is 2.71 bits per heavy atom. The molecule has 0 bridgehead atoms. The Balaban J connectivity index is 1.59. The number of amides is 1. The number of likely N-dealkylation sites (N-methyl/N-ethyl adjacent to an activating group) is 1. The number of likely N-dealkylation sites (tertiary alicyclic amines) is 1. The summed E-state index contributed by atoms with van der Waals surface area (Å²) in [6, 6.07) is 6.18. The van der Waals surface area contributed by atoms with Gasteiger partial charge in [0.1, 0.15) is 10.8 Å². The number of hydrogen-bond acceptors (Lipinski definition) is 7. The average Bonchev–Trinajstić information content (AvgIpc) is 3.46. The Morgan fingerprint density at radius 1 is 1.31 bits per heavy atom. The van der Waals surface area contributed by atoms with Crippen molar-refractivity contribution in [3.8, 4) is 5.75 Å². The monoisotopic (exact) mass is 497 g/mol. The zero-order valence-electron chi connectivity index (χ0n) is 21.0. The summed E-state index contributed by atoms with van der Waals surface area (Å²) in [5, 5.41) is 14.9. The van der Waals surface area contributed by atoms with Crippen LogP contribution in [-0.4, -0.2) is 89.3 Å². The fourth-order valence-corrected chi connectivity index (χ4v) is 6.74. The van der Waals surface area contributed by atoms with E-state index in [0.717, 1.165) is 48.7 Å². The fraction of sp³-hybridized carbons (Fsp3) is 0.538. The molecule has 2 aromatic heterocycles. The molecule has 0 saturated carbocycles. The molecule has 0 unspecified atom stereocenters. The zero-order chi connectivity index (χ0) is 24.7. The van der Waals surface area contributed by atoms with E-state index in [0.29, 0.717) is 13.1 Å². The lowest BCUT2D eigenvalue weighted by Crippen LogP contribution is -2.55. The average molecular weight is 498 g/mol. The molecule has 188 valence electrons. The van der Waals surface area contributed by atoms with Gasteiger partial charge < -0.3 is 24.2 Å². The van der Waals surface area contributed by atoms with E-state index in [1.54, 1.807) is 18.4 Å². The second-order valence-electron chi connectivity index (χ2n) is 10.1. The number of piperidine rings is 1. The lowest BCUT2D eigenvalue weighted by Gasteiger charge is -2.50. The largest absolute Gasteiger partial charge is 0.497 e. The number of aromatic nitrogens is 2. The molecule has 3 aromatic rings. The molecule has 35 heavy (non-hydrogen) atoms. The molecular formula is C26H35N5O3S. The summed E-state index contributed by atoms with van der Waals surface area (Å²) < 4.78 is 7.78. The van der Waals surface area contributed by atoms with Crippen LogP contribution >= 0.6 is 11.3 Å². The van der Waals surface area contributed by atoms with Crippen molar-refractivity contribution in [3.63, 3.8) is 0 Å². The molecule has 1 aromatic carbocycles. The van der Waals surface area contributed by atoms with E-state index < -0.39 is 0 Å². The normalized spacial score (nSPS) is 20.1. The molecule has 9 heteroatoms. The first-order valence-corrected chi connectivity index (χ1v) is 13.1. The number of carbonyl (C=O) groups excluding carboxylic acids is 1. The molecule has 1 N–H and O–H groups in total. The van der Waals surface area contributed by atoms with Gasteiger partial charge in [-0.15, -0.1) is 11.3 Å². The number of carbonyl (C=O) groups is 1. The second kappa shape index (κ2) is 9.54. The van der Waals surface area contributed by atoms with Gasteiger partial charge in [0.15, 0.2) is 0 Å². The number of rotatable bonds is 6. The van der Waals surface area contributed by atoms with Gasteiger partial charge in [0.05, 0.1) is 38.4 Å². The minimum Gasteiger partial charge on any atom is -0.497 e. The number of aryl methyl sites for hydroxylation is 1. The summed E-state index contributed by atoms with van der Waals surface area (Å²) in [7, 11) is 7.66. The van der Waals surface area contributed by atoms with E-state index >= 15 is 0 Å². The summed E-state index contributed by atoms with van der Waals surface area (Å²) >= 11 is 1.65. The van der Waals surface area contributed by atoms with E-state index in [9.17, 15) is 9.90 Å². The van der Waals surface area contributed by atoms with Gasteiger partial charge in [0.2, 0.25) is 5.91 Å². The van der Waals surface area contributed by atoms with Crippen molar-refractivity contribution in [2.24, 2.45) is 7.05 Å². The SMILES string of the molecule is COc1ccc2c3c(n(C)c2c1)[C@@H](CO)N(Cc1nccs1)CC31CCN(C(=O)CN(C)C)CC1. The Kier molecular flexibility index (Phi) is 6.61. The van der Waals surface area contributed by atoms with Crippen molar-refractivity contribution in [2.45, 2.75) is 30.8 Å². The highest BCUT2D eigenvalue weighted by Crippen LogP contribution is 2.50. The molecule has 5 rings (SSSR count). The maximum atomic E-state index is 12.8. The van der Waals surface area contributed by atoms with Gasteiger partial charge in [-0.05, 0) is 44.6 Å². The van der Waals surface area contributed by atoms with Crippen LogP contribution in [0.25, 0.3) is 10.9 Å². The predicted octanol–water partition coefficient (Wildman–Crippen LogP) is 2.61.